The molecule has 0 radical (unpaired) electrons. The number of carboxylic acids is 1. The molecule has 0 aliphatic heterocycles. The number of nitrogens with zero attached hydrogens (tertiary/aromatic N) is 1. The summed E-state index contributed by atoms with van der Waals surface area (Å²) in [6, 6.07) is 14.5. The first-order chi connectivity index (χ1) is 15.9. The Hall–Kier alpha value is -3.35. The highest BCUT2D eigenvalue weighted by atomic mass is 16.5. The molecule has 2 N–H and O–H groups in total. The Kier molecular flexibility index (Phi) is 6.67. The molecule has 0 saturated heterocycles. The van der Waals surface area contributed by atoms with Crippen LogP contribution in [-0.4, -0.2) is 53.7 Å². The predicted octanol–water partition coefficient (Wildman–Crippen LogP) is 4.02. The molecule has 2 aliphatic rings. The van der Waals surface area contributed by atoms with E-state index in [0.29, 0.717) is 18.8 Å². The molecule has 33 heavy (non-hydrogen) atoms. The monoisotopic (exact) mass is 450 g/mol. The summed E-state index contributed by atoms with van der Waals surface area (Å²) in [6.07, 6.45) is 2.14. The fourth-order valence-electron chi connectivity index (χ4n) is 4.70. The van der Waals surface area contributed by atoms with Gasteiger partial charge >= 0.3 is 12.1 Å². The lowest BCUT2D eigenvalue weighted by atomic mass is 9.98. The molecule has 174 valence electrons. The van der Waals surface area contributed by atoms with E-state index in [1.807, 2.05) is 36.4 Å². The highest BCUT2D eigenvalue weighted by molar-refractivity contribution is 5.89. The summed E-state index contributed by atoms with van der Waals surface area (Å²) in [7, 11) is 1.48. The van der Waals surface area contributed by atoms with Gasteiger partial charge in [-0.15, -0.1) is 0 Å². The second-order valence-electron chi connectivity index (χ2n) is 8.91. The predicted molar refractivity (Wildman–Crippen MR) is 124 cm³/mol. The van der Waals surface area contributed by atoms with E-state index in [9.17, 15) is 19.5 Å². The summed E-state index contributed by atoms with van der Waals surface area (Å²) in [5.74, 6) is -1.16. The van der Waals surface area contributed by atoms with Crippen molar-refractivity contribution < 1.29 is 24.2 Å². The van der Waals surface area contributed by atoms with Crippen LogP contribution < -0.4 is 5.32 Å². The van der Waals surface area contributed by atoms with E-state index in [0.717, 1.165) is 35.1 Å². The Morgan fingerprint density at radius 1 is 1.06 bits per heavy atom. The molecule has 2 amide bonds. The van der Waals surface area contributed by atoms with E-state index in [-0.39, 0.29) is 12.5 Å². The van der Waals surface area contributed by atoms with Crippen molar-refractivity contribution in [2.45, 2.75) is 50.6 Å². The third kappa shape index (κ3) is 4.87. The number of carboxylic acid groups (broad SMARTS) is 1. The molecule has 0 aromatic heterocycles. The summed E-state index contributed by atoms with van der Waals surface area (Å²) in [6.45, 7) is 1.88. The molecule has 7 nitrogen and oxygen atoms in total. The standard InChI is InChI=1S/C26H30N2O5/c1-3-23(25(30)31)28(2)24(29)22(14-16-12-13-16)27-26(32)33-15-21-19-10-6-4-8-17(19)18-9-5-7-11-20(18)21/h4-11,16,21-23H,3,12-15H2,1-2H3,(H,27,32)(H,30,31). The van der Waals surface area contributed by atoms with Crippen molar-refractivity contribution >= 4 is 18.0 Å². The van der Waals surface area contributed by atoms with Crippen molar-refractivity contribution in [3.05, 3.63) is 59.7 Å². The van der Waals surface area contributed by atoms with Crippen molar-refractivity contribution in [2.24, 2.45) is 5.92 Å². The Morgan fingerprint density at radius 2 is 1.64 bits per heavy atom. The van der Waals surface area contributed by atoms with Crippen LogP contribution in [0.1, 0.15) is 49.7 Å². The first kappa shape index (κ1) is 22.8. The molecule has 0 spiro atoms. The number of amides is 2. The van der Waals surface area contributed by atoms with Crippen LogP contribution in [0.15, 0.2) is 48.5 Å². The summed E-state index contributed by atoms with van der Waals surface area (Å²) < 4.78 is 5.60. The van der Waals surface area contributed by atoms with Gasteiger partial charge in [-0.2, -0.15) is 0 Å². The number of nitrogens with one attached hydrogen (secondary N) is 1. The van der Waals surface area contributed by atoms with E-state index >= 15 is 0 Å². The van der Waals surface area contributed by atoms with Crippen molar-refractivity contribution in [3.63, 3.8) is 0 Å². The summed E-state index contributed by atoms with van der Waals surface area (Å²) in [5, 5.41) is 12.1. The van der Waals surface area contributed by atoms with Crippen LogP contribution in [0.5, 0.6) is 0 Å². The van der Waals surface area contributed by atoms with Gasteiger partial charge in [0.05, 0.1) is 0 Å². The Labute approximate surface area is 193 Å². The van der Waals surface area contributed by atoms with Crippen LogP contribution in [0.3, 0.4) is 0 Å². The topological polar surface area (TPSA) is 95.9 Å². The molecule has 2 atom stereocenters. The van der Waals surface area contributed by atoms with Gasteiger partial charge in [0.25, 0.3) is 0 Å². The largest absolute Gasteiger partial charge is 0.480 e. The number of likely N-dealkylation sites (N-methyl/N-ethyl adjacent to an activating group) is 1. The number of hydrogen-bond donors (Lipinski definition) is 2. The molecule has 1 fully saturated rings. The number of benzene rings is 2. The van der Waals surface area contributed by atoms with Gasteiger partial charge in [0, 0.05) is 13.0 Å². The highest BCUT2D eigenvalue weighted by Crippen LogP contribution is 2.44. The van der Waals surface area contributed by atoms with Gasteiger partial charge in [0.2, 0.25) is 5.91 Å². The smallest absolute Gasteiger partial charge is 0.407 e. The molecule has 2 unspecified atom stereocenters. The molecule has 1 saturated carbocycles. The fraction of sp³-hybridized carbons (Fsp3) is 0.423. The summed E-state index contributed by atoms with van der Waals surface area (Å²) in [5.41, 5.74) is 4.52. The number of carbonyl (C=O) groups is 3. The normalized spacial score (nSPS) is 16.3. The Morgan fingerprint density at radius 3 is 2.15 bits per heavy atom. The Bertz CT molecular complexity index is 1000. The van der Waals surface area contributed by atoms with Crippen molar-refractivity contribution in [3.8, 4) is 11.1 Å². The van der Waals surface area contributed by atoms with Gasteiger partial charge in [-0.25, -0.2) is 9.59 Å². The number of carbonyl (C=O) groups excluding carboxylic acids is 2. The van der Waals surface area contributed by atoms with Gasteiger partial charge in [-0.1, -0.05) is 68.3 Å². The van der Waals surface area contributed by atoms with E-state index < -0.39 is 30.1 Å². The first-order valence-electron chi connectivity index (χ1n) is 11.5. The van der Waals surface area contributed by atoms with Crippen LogP contribution in [-0.2, 0) is 14.3 Å². The average molecular weight is 451 g/mol. The summed E-state index contributed by atoms with van der Waals surface area (Å²) in [4.78, 5) is 38.5. The van der Waals surface area contributed by atoms with Gasteiger partial charge < -0.3 is 20.1 Å². The molecule has 2 aromatic rings. The zero-order valence-corrected chi connectivity index (χ0v) is 19.0. The minimum absolute atomic E-state index is 0.0695. The number of alkyl carbamates (subject to hydrolysis) is 1. The molecule has 4 rings (SSSR count). The molecule has 2 aliphatic carbocycles. The SMILES string of the molecule is CCC(C(=O)O)N(C)C(=O)C(CC1CC1)NC(=O)OCC1c2ccccc2-c2ccccc21. The lowest BCUT2D eigenvalue weighted by Gasteiger charge is -2.28. The number of ether oxygens (including phenoxy) is 1. The maximum atomic E-state index is 13.0. The number of fused-ring (bicyclic) bond motifs is 3. The van der Waals surface area contributed by atoms with Gasteiger partial charge in [0.15, 0.2) is 0 Å². The average Bonchev–Trinajstić information content (AvgIpc) is 3.57. The van der Waals surface area contributed by atoms with Crippen molar-refractivity contribution in [1.29, 1.82) is 0 Å². The van der Waals surface area contributed by atoms with Gasteiger partial charge in [0.1, 0.15) is 18.7 Å². The van der Waals surface area contributed by atoms with E-state index in [1.54, 1.807) is 6.92 Å². The van der Waals surface area contributed by atoms with Crippen LogP contribution in [0.25, 0.3) is 11.1 Å². The van der Waals surface area contributed by atoms with Crippen LogP contribution >= 0.6 is 0 Å². The lowest BCUT2D eigenvalue weighted by Crippen LogP contribution is -2.52. The van der Waals surface area contributed by atoms with E-state index in [4.69, 9.17) is 4.74 Å². The van der Waals surface area contributed by atoms with E-state index in [2.05, 4.69) is 17.4 Å². The quantitative estimate of drug-likeness (QED) is 0.602. The van der Waals surface area contributed by atoms with Crippen molar-refractivity contribution in [2.75, 3.05) is 13.7 Å². The third-order valence-corrected chi connectivity index (χ3v) is 6.69. The number of aliphatic carboxylic acids is 1. The summed E-state index contributed by atoms with van der Waals surface area (Å²) >= 11 is 0. The maximum Gasteiger partial charge on any atom is 0.407 e. The number of rotatable bonds is 9. The zero-order valence-electron chi connectivity index (χ0n) is 19.0. The third-order valence-electron chi connectivity index (χ3n) is 6.69. The highest BCUT2D eigenvalue weighted by Gasteiger charge is 2.36. The fourth-order valence-corrected chi connectivity index (χ4v) is 4.70. The second-order valence-corrected chi connectivity index (χ2v) is 8.91. The number of hydrogen-bond acceptors (Lipinski definition) is 4. The van der Waals surface area contributed by atoms with Gasteiger partial charge in [-0.3, -0.25) is 4.79 Å². The van der Waals surface area contributed by atoms with Crippen LogP contribution in [0.2, 0.25) is 0 Å². The minimum atomic E-state index is -1.06. The second kappa shape index (κ2) is 9.65. The van der Waals surface area contributed by atoms with Crippen molar-refractivity contribution in [1.82, 2.24) is 10.2 Å². The van der Waals surface area contributed by atoms with Crippen LogP contribution in [0, 0.1) is 5.92 Å². The Balaban J connectivity index is 1.43. The molecular weight excluding hydrogens is 420 g/mol. The zero-order chi connectivity index (χ0) is 23.5. The molecule has 7 heteroatoms. The maximum absolute atomic E-state index is 13.0. The molecule has 2 aromatic carbocycles. The minimum Gasteiger partial charge on any atom is -0.480 e. The molecular formula is C26H30N2O5. The molecule has 0 bridgehead atoms. The first-order valence-corrected chi connectivity index (χ1v) is 11.5. The lowest BCUT2D eigenvalue weighted by molar-refractivity contribution is -0.150. The van der Waals surface area contributed by atoms with E-state index in [1.165, 1.54) is 11.9 Å². The molecule has 0 heterocycles. The van der Waals surface area contributed by atoms with Gasteiger partial charge in [-0.05, 0) is 41.0 Å². The van der Waals surface area contributed by atoms with Crippen LogP contribution in [0.4, 0.5) is 4.79 Å².